The van der Waals surface area contributed by atoms with E-state index in [1.54, 1.807) is 0 Å². The minimum absolute atomic E-state index is 0.0599. The first kappa shape index (κ1) is 15.5. The third-order valence-electron chi connectivity index (χ3n) is 6.69. The predicted octanol–water partition coefficient (Wildman–Crippen LogP) is 4.09. The summed E-state index contributed by atoms with van der Waals surface area (Å²) in [4.78, 5) is 24.5. The lowest BCUT2D eigenvalue weighted by Crippen LogP contribution is -2.54. The highest BCUT2D eigenvalue weighted by Gasteiger charge is 2.59. The summed E-state index contributed by atoms with van der Waals surface area (Å²) >= 11 is 0. The van der Waals surface area contributed by atoms with E-state index in [2.05, 4.69) is 32.6 Å². The highest BCUT2D eigenvalue weighted by molar-refractivity contribution is 5.93. The second kappa shape index (κ2) is 4.82. The summed E-state index contributed by atoms with van der Waals surface area (Å²) in [5.41, 5.74) is 0.766. The molecule has 0 saturated heterocycles. The van der Waals surface area contributed by atoms with Crippen molar-refractivity contribution in [3.63, 3.8) is 0 Å². The Morgan fingerprint density at radius 2 is 1.82 bits per heavy atom. The van der Waals surface area contributed by atoms with E-state index in [4.69, 9.17) is 0 Å². The van der Waals surface area contributed by atoms with E-state index in [-0.39, 0.29) is 22.0 Å². The van der Waals surface area contributed by atoms with Crippen LogP contribution in [0.25, 0.3) is 0 Å². The van der Waals surface area contributed by atoms with Crippen molar-refractivity contribution >= 4 is 11.6 Å². The minimum atomic E-state index is -0.292. The zero-order valence-corrected chi connectivity index (χ0v) is 14.2. The number of fused-ring (bicyclic) bond motifs is 3. The molecule has 0 aliphatic heterocycles. The zero-order valence-electron chi connectivity index (χ0n) is 14.2. The van der Waals surface area contributed by atoms with Gasteiger partial charge in [0.15, 0.2) is 5.78 Å². The van der Waals surface area contributed by atoms with E-state index in [1.807, 2.05) is 13.0 Å². The molecule has 22 heavy (non-hydrogen) atoms. The Hall–Kier alpha value is -1.36. The van der Waals surface area contributed by atoms with Crippen molar-refractivity contribution in [2.24, 2.45) is 22.2 Å². The molecule has 0 aromatic carbocycles. The molecule has 0 heterocycles. The summed E-state index contributed by atoms with van der Waals surface area (Å²) in [7, 11) is 0. The van der Waals surface area contributed by atoms with Crippen LogP contribution in [-0.2, 0) is 9.59 Å². The molecule has 3 aliphatic carbocycles. The predicted molar refractivity (Wildman–Crippen MR) is 87.1 cm³/mol. The summed E-state index contributed by atoms with van der Waals surface area (Å²) in [6, 6.07) is 0. The fraction of sp³-hybridized carbons (Fsp3) is 0.700. The lowest BCUT2D eigenvalue weighted by Gasteiger charge is -2.59. The Bertz CT molecular complexity index is 628. The van der Waals surface area contributed by atoms with Crippen LogP contribution in [0.1, 0.15) is 66.2 Å². The van der Waals surface area contributed by atoms with Gasteiger partial charge in [0, 0.05) is 18.3 Å². The van der Waals surface area contributed by atoms with Crippen LogP contribution in [-0.4, -0.2) is 11.6 Å². The van der Waals surface area contributed by atoms with E-state index in [9.17, 15) is 9.59 Å². The number of rotatable bonds is 0. The third kappa shape index (κ3) is 1.94. The Balaban J connectivity index is 2.15. The van der Waals surface area contributed by atoms with Gasteiger partial charge in [0.1, 0.15) is 5.78 Å². The monoisotopic (exact) mass is 298 g/mol. The molecule has 3 aliphatic rings. The molecule has 0 aromatic heterocycles. The van der Waals surface area contributed by atoms with Gasteiger partial charge in [-0.15, -0.1) is 5.92 Å². The van der Waals surface area contributed by atoms with Gasteiger partial charge in [-0.25, -0.2) is 0 Å². The molecule has 0 N–H and O–H groups in total. The molecule has 0 unspecified atom stereocenters. The molecule has 2 nitrogen and oxygen atoms in total. The first-order valence-corrected chi connectivity index (χ1v) is 8.49. The van der Waals surface area contributed by atoms with Gasteiger partial charge in [-0.1, -0.05) is 26.7 Å². The summed E-state index contributed by atoms with van der Waals surface area (Å²) in [6.07, 6.45) is 6.88. The second-order valence-corrected chi connectivity index (χ2v) is 8.14. The lowest BCUT2D eigenvalue weighted by atomic mass is 9.44. The standard InChI is InChI=1S/C20H26O2/c1-5-9-20-11-6-14(21)13-16(20)19(4)10-8-17(22)18(2,3)15(19)7-12-20/h13,15H,6-8,10-12H2,1-4H3/t15-,19-,20+/m0/s1. The maximum atomic E-state index is 12.4. The van der Waals surface area contributed by atoms with Crippen molar-refractivity contribution in [3.05, 3.63) is 11.6 Å². The van der Waals surface area contributed by atoms with E-state index >= 15 is 0 Å². The molecule has 2 fully saturated rings. The Kier molecular flexibility index (Phi) is 3.40. The van der Waals surface area contributed by atoms with Crippen molar-refractivity contribution in [1.82, 2.24) is 0 Å². The van der Waals surface area contributed by atoms with E-state index in [0.29, 0.717) is 24.5 Å². The largest absolute Gasteiger partial charge is 0.299 e. The molecule has 0 amide bonds. The Morgan fingerprint density at radius 3 is 2.50 bits per heavy atom. The molecular formula is C20H26O2. The Morgan fingerprint density at radius 1 is 1.09 bits per heavy atom. The maximum absolute atomic E-state index is 12.4. The van der Waals surface area contributed by atoms with Gasteiger partial charge in [-0.3, -0.25) is 9.59 Å². The SMILES string of the molecule is CC#C[C@]12CCC(=O)C=C1[C@@]1(C)CCC(=O)C(C)(C)[C@@H]1CC2. The van der Waals surface area contributed by atoms with Crippen molar-refractivity contribution in [2.45, 2.75) is 66.2 Å². The van der Waals surface area contributed by atoms with Gasteiger partial charge in [-0.2, -0.15) is 0 Å². The van der Waals surface area contributed by atoms with Crippen LogP contribution in [0.4, 0.5) is 0 Å². The number of allylic oxidation sites excluding steroid dienone is 2. The van der Waals surface area contributed by atoms with Gasteiger partial charge in [-0.05, 0) is 55.6 Å². The molecule has 0 spiro atoms. The summed E-state index contributed by atoms with van der Waals surface area (Å²) in [6.45, 7) is 8.37. The molecule has 0 radical (unpaired) electrons. The lowest BCUT2D eigenvalue weighted by molar-refractivity contribution is -0.141. The van der Waals surface area contributed by atoms with Crippen LogP contribution in [0.2, 0.25) is 0 Å². The van der Waals surface area contributed by atoms with E-state index in [1.165, 1.54) is 5.57 Å². The number of hydrogen-bond acceptors (Lipinski definition) is 2. The van der Waals surface area contributed by atoms with Crippen molar-refractivity contribution in [3.8, 4) is 11.8 Å². The van der Waals surface area contributed by atoms with Gasteiger partial charge in [0.2, 0.25) is 0 Å². The van der Waals surface area contributed by atoms with Gasteiger partial charge in [0.25, 0.3) is 0 Å². The average Bonchev–Trinajstić information content (AvgIpc) is 2.45. The molecule has 0 aromatic rings. The number of Topliss-reactive ketones (excluding diaryl/α,β-unsaturated/α-hetero) is 1. The van der Waals surface area contributed by atoms with E-state index in [0.717, 1.165) is 25.7 Å². The minimum Gasteiger partial charge on any atom is -0.299 e. The van der Waals surface area contributed by atoms with Crippen LogP contribution >= 0.6 is 0 Å². The van der Waals surface area contributed by atoms with Crippen molar-refractivity contribution in [2.75, 3.05) is 0 Å². The normalized spacial score (nSPS) is 40.0. The van der Waals surface area contributed by atoms with Gasteiger partial charge < -0.3 is 0 Å². The summed E-state index contributed by atoms with van der Waals surface area (Å²) < 4.78 is 0. The van der Waals surface area contributed by atoms with Crippen LogP contribution < -0.4 is 0 Å². The molecule has 2 saturated carbocycles. The van der Waals surface area contributed by atoms with Crippen molar-refractivity contribution in [1.29, 1.82) is 0 Å². The molecule has 3 atom stereocenters. The first-order valence-electron chi connectivity index (χ1n) is 8.49. The molecule has 3 rings (SSSR count). The number of ketones is 2. The molecule has 0 bridgehead atoms. The number of carbonyl (C=O) groups is 2. The highest BCUT2D eigenvalue weighted by Crippen LogP contribution is 2.64. The highest BCUT2D eigenvalue weighted by atomic mass is 16.1. The fourth-order valence-electron chi connectivity index (χ4n) is 5.50. The first-order chi connectivity index (χ1) is 10.3. The van der Waals surface area contributed by atoms with Gasteiger partial charge >= 0.3 is 0 Å². The quantitative estimate of drug-likeness (QED) is 0.631. The molecule has 2 heteroatoms. The zero-order chi connectivity index (χ0) is 16.2. The summed E-state index contributed by atoms with van der Waals surface area (Å²) in [5.74, 6) is 7.52. The van der Waals surface area contributed by atoms with Crippen LogP contribution in [0, 0.1) is 34.0 Å². The van der Waals surface area contributed by atoms with Crippen LogP contribution in [0.15, 0.2) is 11.6 Å². The molecule has 118 valence electrons. The van der Waals surface area contributed by atoms with Crippen molar-refractivity contribution < 1.29 is 9.59 Å². The topological polar surface area (TPSA) is 34.1 Å². The molecular weight excluding hydrogens is 272 g/mol. The van der Waals surface area contributed by atoms with Gasteiger partial charge in [0.05, 0.1) is 5.41 Å². The van der Waals surface area contributed by atoms with E-state index < -0.39 is 0 Å². The average molecular weight is 298 g/mol. The second-order valence-electron chi connectivity index (χ2n) is 8.14. The number of hydrogen-bond donors (Lipinski definition) is 0. The Labute approximate surface area is 133 Å². The van der Waals surface area contributed by atoms with Crippen LogP contribution in [0.3, 0.4) is 0 Å². The number of carbonyl (C=O) groups excluding carboxylic acids is 2. The maximum Gasteiger partial charge on any atom is 0.155 e. The third-order valence-corrected chi connectivity index (χ3v) is 6.69. The fourth-order valence-corrected chi connectivity index (χ4v) is 5.50. The van der Waals surface area contributed by atoms with Crippen LogP contribution in [0.5, 0.6) is 0 Å². The smallest absolute Gasteiger partial charge is 0.155 e. The summed E-state index contributed by atoms with van der Waals surface area (Å²) in [5, 5.41) is 0.